The largest absolute Gasteiger partial charge is 0.457 e. The molecule has 376 valence electrons. The van der Waals surface area contributed by atoms with Crippen LogP contribution in [0.1, 0.15) is 105 Å². The van der Waals surface area contributed by atoms with Gasteiger partial charge >= 0.3 is 0 Å². The lowest BCUT2D eigenvalue weighted by molar-refractivity contribution is 0.483. The van der Waals surface area contributed by atoms with Gasteiger partial charge in [0, 0.05) is 40.5 Å². The number of benzene rings is 8. The highest BCUT2D eigenvalue weighted by Crippen LogP contribution is 2.48. The molecule has 1 aliphatic heterocycles. The van der Waals surface area contributed by atoms with E-state index in [9.17, 15) is 0 Å². The van der Waals surface area contributed by atoms with Gasteiger partial charge in [0.1, 0.15) is 24.0 Å². The zero-order chi connectivity index (χ0) is 52.6. The standard InChI is InChI=1S/C70H70N4O/c1-67(2,3)50-30-32-57(61(42-50)70(10,11)12)47-34-35-71-66(40-47)74-62-27-19-17-25-58(62)59-33-31-54(44-65(59)74)75-55-39-49(56-24-16-18-26-60(56)69(7,8)9)38-53(43-55)73-45-72(63-28-20-21-29-64(63)73)52-37-48(46-22-14-13-15-23-46)36-51(41-52)68(4,5)6/h13-44H,45H2,1-12H3. The number of fused-ring (bicyclic) bond motifs is 4. The van der Waals surface area contributed by atoms with E-state index in [0.717, 1.165) is 61.9 Å². The zero-order valence-electron chi connectivity index (χ0n) is 45.9. The third kappa shape index (κ3) is 9.50. The van der Waals surface area contributed by atoms with Crippen molar-refractivity contribution >= 4 is 44.6 Å². The van der Waals surface area contributed by atoms with E-state index in [4.69, 9.17) is 9.72 Å². The molecule has 0 bridgehead atoms. The summed E-state index contributed by atoms with van der Waals surface area (Å²) in [5.74, 6) is 2.37. The third-order valence-electron chi connectivity index (χ3n) is 15.1. The number of pyridine rings is 1. The summed E-state index contributed by atoms with van der Waals surface area (Å²) in [5, 5.41) is 2.31. The minimum Gasteiger partial charge on any atom is -0.457 e. The summed E-state index contributed by atoms with van der Waals surface area (Å²) in [6.07, 6.45) is 1.96. The highest BCUT2D eigenvalue weighted by Gasteiger charge is 2.31. The van der Waals surface area contributed by atoms with Crippen molar-refractivity contribution in [2.75, 3.05) is 16.5 Å². The smallest absolute Gasteiger partial charge is 0.138 e. The minimum absolute atomic E-state index is 0.0398. The van der Waals surface area contributed by atoms with Crippen molar-refractivity contribution in [3.8, 4) is 50.7 Å². The maximum atomic E-state index is 7.19. The molecule has 2 aromatic heterocycles. The maximum absolute atomic E-state index is 7.19. The number of hydrogen-bond acceptors (Lipinski definition) is 4. The molecule has 10 aromatic rings. The van der Waals surface area contributed by atoms with Crippen LogP contribution < -0.4 is 14.5 Å². The predicted octanol–water partition coefficient (Wildman–Crippen LogP) is 19.4. The van der Waals surface area contributed by atoms with Crippen LogP contribution >= 0.6 is 0 Å². The average Bonchev–Trinajstić information content (AvgIpc) is 3.98. The molecule has 0 saturated carbocycles. The van der Waals surface area contributed by atoms with E-state index in [-0.39, 0.29) is 21.7 Å². The topological polar surface area (TPSA) is 33.5 Å². The minimum atomic E-state index is -0.0901. The molecule has 0 atom stereocenters. The molecule has 0 radical (unpaired) electrons. The van der Waals surface area contributed by atoms with Crippen molar-refractivity contribution < 1.29 is 4.74 Å². The monoisotopic (exact) mass is 983 g/mol. The maximum Gasteiger partial charge on any atom is 0.138 e. The van der Waals surface area contributed by atoms with Crippen molar-refractivity contribution in [2.24, 2.45) is 0 Å². The quantitative estimate of drug-likeness (QED) is 0.152. The summed E-state index contributed by atoms with van der Waals surface area (Å²) < 4.78 is 9.49. The normalized spacial score (nSPS) is 13.2. The van der Waals surface area contributed by atoms with Gasteiger partial charge in [-0.2, -0.15) is 0 Å². The van der Waals surface area contributed by atoms with Crippen LogP contribution in [0.4, 0.5) is 22.7 Å². The highest BCUT2D eigenvalue weighted by molar-refractivity contribution is 6.09. The van der Waals surface area contributed by atoms with Gasteiger partial charge in [-0.05, 0) is 144 Å². The molecule has 75 heavy (non-hydrogen) atoms. The van der Waals surface area contributed by atoms with Gasteiger partial charge < -0.3 is 14.5 Å². The van der Waals surface area contributed by atoms with E-state index >= 15 is 0 Å². The van der Waals surface area contributed by atoms with Gasteiger partial charge in [-0.25, -0.2) is 4.98 Å². The Labute approximate surface area is 445 Å². The first-order chi connectivity index (χ1) is 35.7. The van der Waals surface area contributed by atoms with Crippen LogP contribution in [-0.4, -0.2) is 16.2 Å². The van der Waals surface area contributed by atoms with Gasteiger partial charge in [0.2, 0.25) is 0 Å². The van der Waals surface area contributed by atoms with Crippen LogP contribution in [0.5, 0.6) is 11.5 Å². The first-order valence-electron chi connectivity index (χ1n) is 26.6. The summed E-state index contributed by atoms with van der Waals surface area (Å²) in [4.78, 5) is 10.0. The average molecular weight is 983 g/mol. The first-order valence-corrected chi connectivity index (χ1v) is 26.6. The number of ether oxygens (including phenoxy) is 1. The molecule has 0 unspecified atom stereocenters. The molecule has 1 aliphatic rings. The fraction of sp³-hybridized carbons (Fsp3) is 0.243. The van der Waals surface area contributed by atoms with Crippen molar-refractivity contribution in [2.45, 2.75) is 105 Å². The molecule has 0 saturated heterocycles. The van der Waals surface area contributed by atoms with Crippen LogP contribution in [-0.2, 0) is 21.7 Å². The molecule has 11 rings (SSSR count). The second-order valence-corrected chi connectivity index (χ2v) is 24.7. The Morgan fingerprint density at radius 3 is 1.71 bits per heavy atom. The lowest BCUT2D eigenvalue weighted by Gasteiger charge is -2.27. The van der Waals surface area contributed by atoms with E-state index in [2.05, 4.69) is 286 Å². The van der Waals surface area contributed by atoms with Gasteiger partial charge in [-0.1, -0.05) is 192 Å². The highest BCUT2D eigenvalue weighted by atomic mass is 16.5. The van der Waals surface area contributed by atoms with Crippen molar-refractivity contribution in [1.82, 2.24) is 9.55 Å². The first kappa shape index (κ1) is 49.3. The SMILES string of the molecule is CC(C)(C)c1cc(-c2ccccc2)cc(N2CN(c3cc(Oc4ccc5c6ccccc6n(-c6cc(-c7ccc(C(C)(C)C)cc7C(C)(C)C)ccn6)c5c4)cc(-c4ccccc4C(C)(C)C)c3)c3ccccc32)c1. The van der Waals surface area contributed by atoms with Crippen LogP contribution in [0.15, 0.2) is 194 Å². The lowest BCUT2D eigenvalue weighted by atomic mass is 9.77. The Balaban J connectivity index is 1.03. The molecule has 5 nitrogen and oxygen atoms in total. The molecule has 0 aliphatic carbocycles. The summed E-state index contributed by atoms with van der Waals surface area (Å²) >= 11 is 0. The van der Waals surface area contributed by atoms with E-state index in [1.54, 1.807) is 0 Å². The van der Waals surface area contributed by atoms with Crippen molar-refractivity contribution in [3.63, 3.8) is 0 Å². The fourth-order valence-corrected chi connectivity index (χ4v) is 11.0. The van der Waals surface area contributed by atoms with Crippen LogP contribution in [0.3, 0.4) is 0 Å². The second-order valence-electron chi connectivity index (χ2n) is 24.7. The number of anilines is 4. The van der Waals surface area contributed by atoms with Gasteiger partial charge in [-0.15, -0.1) is 0 Å². The van der Waals surface area contributed by atoms with E-state index < -0.39 is 0 Å². The Kier molecular flexibility index (Phi) is 12.2. The number of aromatic nitrogens is 2. The van der Waals surface area contributed by atoms with Gasteiger partial charge in [0.15, 0.2) is 0 Å². The Bertz CT molecular complexity index is 3780. The van der Waals surface area contributed by atoms with Crippen LogP contribution in [0.2, 0.25) is 0 Å². The molecule has 8 aromatic carbocycles. The van der Waals surface area contributed by atoms with Gasteiger partial charge in [0.05, 0.1) is 22.4 Å². The Morgan fingerprint density at radius 1 is 0.387 bits per heavy atom. The molecule has 0 amide bonds. The van der Waals surface area contributed by atoms with E-state index in [0.29, 0.717) is 6.67 Å². The Morgan fingerprint density at radius 2 is 1.00 bits per heavy atom. The van der Waals surface area contributed by atoms with E-state index in [1.165, 1.54) is 55.6 Å². The second kappa shape index (κ2) is 18.5. The fourth-order valence-electron chi connectivity index (χ4n) is 11.0. The van der Waals surface area contributed by atoms with Crippen LogP contribution in [0, 0.1) is 0 Å². The molecule has 3 heterocycles. The van der Waals surface area contributed by atoms with Crippen LogP contribution in [0.25, 0.3) is 61.0 Å². The van der Waals surface area contributed by atoms with Gasteiger partial charge in [-0.3, -0.25) is 4.57 Å². The third-order valence-corrected chi connectivity index (χ3v) is 15.1. The van der Waals surface area contributed by atoms with Gasteiger partial charge in [0.25, 0.3) is 0 Å². The Hall–Kier alpha value is -7.89. The summed E-state index contributed by atoms with van der Waals surface area (Å²) in [6.45, 7) is 28.2. The molecule has 0 spiro atoms. The summed E-state index contributed by atoms with van der Waals surface area (Å²) in [7, 11) is 0. The number of nitrogens with zero attached hydrogens (tertiary/aromatic N) is 4. The molecular formula is C70H70N4O. The lowest BCUT2D eigenvalue weighted by Crippen LogP contribution is -2.24. The predicted molar refractivity (Wildman–Crippen MR) is 318 cm³/mol. The molecule has 0 N–H and O–H groups in total. The summed E-state index contributed by atoms with van der Waals surface area (Å²) in [5.41, 5.74) is 18.8. The number of rotatable bonds is 8. The van der Waals surface area contributed by atoms with Crippen molar-refractivity contribution in [1.29, 1.82) is 0 Å². The van der Waals surface area contributed by atoms with Crippen molar-refractivity contribution in [3.05, 3.63) is 217 Å². The number of hydrogen-bond donors (Lipinski definition) is 0. The zero-order valence-corrected chi connectivity index (χ0v) is 45.9. The molecule has 0 fully saturated rings. The number of para-hydroxylation sites is 3. The molecular weight excluding hydrogens is 913 g/mol. The summed E-state index contributed by atoms with van der Waals surface area (Å²) in [6, 6.07) is 68.8. The molecule has 5 heteroatoms. The van der Waals surface area contributed by atoms with E-state index in [1.807, 2.05) is 6.20 Å².